The molecular formula is C3H8Mg3O7. The molecule has 0 aromatic rings. The van der Waals surface area contributed by atoms with Crippen LogP contribution in [0.4, 0.5) is 14.4 Å². The maximum Gasteiger partial charge on any atom is 0.528 e. The minimum Gasteiger partial charge on any atom is -0.449 e. The van der Waals surface area contributed by atoms with Crippen LogP contribution in [0, 0.1) is 0 Å². The second kappa shape index (κ2) is 12.5. The third kappa shape index (κ3) is 19.1. The van der Waals surface area contributed by atoms with E-state index in [1.165, 1.54) is 0 Å². The predicted octanol–water partition coefficient (Wildman–Crippen LogP) is -2.25. The van der Waals surface area contributed by atoms with Crippen LogP contribution in [-0.4, -0.2) is 97.8 Å². The normalized spacial score (nSPS) is 6.15. The summed E-state index contributed by atoms with van der Waals surface area (Å²) in [5.74, 6) is 0. The van der Waals surface area contributed by atoms with Gasteiger partial charge in [0.2, 0.25) is 0 Å². The van der Waals surface area contributed by atoms with Crippen molar-refractivity contribution in [1.29, 1.82) is 0 Å². The van der Waals surface area contributed by atoms with Crippen molar-refractivity contribution in [2.24, 2.45) is 0 Å². The summed E-state index contributed by atoms with van der Waals surface area (Å²) in [5, 5.41) is 15.4. The first-order valence-electron chi connectivity index (χ1n) is 1.88. The lowest BCUT2D eigenvalue weighted by atomic mass is 11.2. The van der Waals surface area contributed by atoms with Gasteiger partial charge in [0, 0.05) is 0 Å². The van der Waals surface area contributed by atoms with Gasteiger partial charge in [-0.3, -0.25) is 0 Å². The predicted molar refractivity (Wildman–Crippen MR) is 49.2 cm³/mol. The Labute approximate surface area is 121 Å². The molecule has 0 atom stereocenters. The summed E-state index contributed by atoms with van der Waals surface area (Å²) < 4.78 is 6.47. The van der Waals surface area contributed by atoms with Gasteiger partial charge < -0.3 is 19.7 Å². The van der Waals surface area contributed by atoms with Gasteiger partial charge in [-0.2, -0.15) is 0 Å². The quantitative estimate of drug-likeness (QED) is 0.274. The van der Waals surface area contributed by atoms with E-state index < -0.39 is 18.5 Å². The fraction of sp³-hybridized carbons (Fsp3) is 0. The van der Waals surface area contributed by atoms with Crippen LogP contribution in [0.3, 0.4) is 0 Å². The molecule has 0 unspecified atom stereocenters. The topological polar surface area (TPSA) is 110 Å². The van der Waals surface area contributed by atoms with Crippen molar-refractivity contribution < 1.29 is 34.1 Å². The summed E-state index contributed by atoms with van der Waals surface area (Å²) in [4.78, 5) is 28.8. The van der Waals surface area contributed by atoms with E-state index in [-0.39, 0.29) is 69.2 Å². The SMILES string of the molecule is O=C(O)OC(=O)OC(=O)O.[MgH2].[MgH2].[MgH2]. The zero-order valence-electron chi connectivity index (χ0n) is 4.44. The monoisotopic (exact) mass is 228 g/mol. The van der Waals surface area contributed by atoms with Crippen LogP contribution in [0.15, 0.2) is 0 Å². The van der Waals surface area contributed by atoms with Gasteiger partial charge in [0.15, 0.2) is 0 Å². The lowest BCUT2D eigenvalue weighted by Crippen LogP contribution is -2.14. The Morgan fingerprint density at radius 3 is 1.15 bits per heavy atom. The van der Waals surface area contributed by atoms with Gasteiger partial charge in [-0.25, -0.2) is 14.4 Å². The van der Waals surface area contributed by atoms with E-state index in [9.17, 15) is 14.4 Å². The molecule has 0 saturated heterocycles. The number of carbonyl (C=O) groups excluding carboxylic acids is 1. The average molecular weight is 229 g/mol. The van der Waals surface area contributed by atoms with Gasteiger partial charge in [-0.15, -0.1) is 0 Å². The Bertz CT molecular complexity index is 162. The standard InChI is InChI=1S/C3H2O7.3Mg.6H/c4-1(5)9-3(8)10-2(6)7;;;;;;;;;/h(H,4,5)(H,6,7);;;;;;;;;. The van der Waals surface area contributed by atoms with Crippen molar-refractivity contribution >= 4 is 87.6 Å². The Morgan fingerprint density at radius 1 is 0.769 bits per heavy atom. The molecule has 0 saturated carbocycles. The molecule has 0 aliphatic heterocycles. The highest BCUT2D eigenvalue weighted by Gasteiger charge is 2.13. The first-order chi connectivity index (χ1) is 4.52. The van der Waals surface area contributed by atoms with E-state index in [0.29, 0.717) is 0 Å². The highest BCUT2D eigenvalue weighted by atomic mass is 24.3. The zero-order valence-corrected chi connectivity index (χ0v) is 4.44. The van der Waals surface area contributed by atoms with Gasteiger partial charge in [0.05, 0.1) is 0 Å². The second-order valence-corrected chi connectivity index (χ2v) is 0.986. The zero-order chi connectivity index (χ0) is 8.15. The van der Waals surface area contributed by atoms with Crippen molar-refractivity contribution in [1.82, 2.24) is 0 Å². The summed E-state index contributed by atoms with van der Waals surface area (Å²) in [7, 11) is 0. The van der Waals surface area contributed by atoms with Crippen LogP contribution >= 0.6 is 0 Å². The van der Waals surface area contributed by atoms with Crippen molar-refractivity contribution in [3.8, 4) is 0 Å². The fourth-order valence-electron chi connectivity index (χ4n) is 0.163. The first-order valence-corrected chi connectivity index (χ1v) is 1.88. The van der Waals surface area contributed by atoms with Crippen LogP contribution < -0.4 is 0 Å². The molecule has 0 spiro atoms. The third-order valence-electron chi connectivity index (χ3n) is 0.341. The van der Waals surface area contributed by atoms with Crippen LogP contribution in [0.5, 0.6) is 0 Å². The van der Waals surface area contributed by atoms with Crippen molar-refractivity contribution in [2.45, 2.75) is 0 Å². The molecule has 0 radical (unpaired) electrons. The van der Waals surface area contributed by atoms with E-state index in [1.54, 1.807) is 0 Å². The molecule has 0 aromatic heterocycles. The number of hydrogen-bond donors (Lipinski definition) is 2. The summed E-state index contributed by atoms with van der Waals surface area (Å²) in [5.41, 5.74) is 0. The summed E-state index contributed by atoms with van der Waals surface area (Å²) in [6, 6.07) is 0. The van der Waals surface area contributed by atoms with Crippen LogP contribution in [0.2, 0.25) is 0 Å². The lowest BCUT2D eigenvalue weighted by molar-refractivity contribution is 0.0549. The van der Waals surface area contributed by atoms with E-state index in [4.69, 9.17) is 10.2 Å². The molecule has 7 nitrogen and oxygen atoms in total. The van der Waals surface area contributed by atoms with E-state index in [1.807, 2.05) is 0 Å². The van der Waals surface area contributed by atoms with Crippen LogP contribution in [0.25, 0.3) is 0 Å². The molecule has 0 aromatic carbocycles. The molecule has 0 amide bonds. The van der Waals surface area contributed by atoms with E-state index in [0.717, 1.165) is 0 Å². The molecule has 0 aliphatic carbocycles. The smallest absolute Gasteiger partial charge is 0.449 e. The Kier molecular flexibility index (Phi) is 22.5. The number of carbonyl (C=O) groups is 3. The van der Waals surface area contributed by atoms with Gasteiger partial charge >= 0.3 is 87.6 Å². The van der Waals surface area contributed by atoms with Crippen molar-refractivity contribution in [3.05, 3.63) is 0 Å². The molecular weight excluding hydrogens is 221 g/mol. The molecule has 0 bridgehead atoms. The largest absolute Gasteiger partial charge is 0.528 e. The molecule has 0 rings (SSSR count). The molecule has 13 heavy (non-hydrogen) atoms. The first kappa shape index (κ1) is 23.4. The molecule has 2 N–H and O–H groups in total. The Balaban J connectivity index is -0.000000135. The van der Waals surface area contributed by atoms with Gasteiger partial charge in [-0.1, -0.05) is 0 Å². The van der Waals surface area contributed by atoms with E-state index >= 15 is 0 Å². The third-order valence-corrected chi connectivity index (χ3v) is 0.341. The fourth-order valence-corrected chi connectivity index (χ4v) is 0.163. The lowest BCUT2D eigenvalue weighted by Gasteiger charge is -1.93. The highest BCUT2D eigenvalue weighted by molar-refractivity contribution is 5.82. The second-order valence-electron chi connectivity index (χ2n) is 0.986. The van der Waals surface area contributed by atoms with Crippen molar-refractivity contribution in [3.63, 3.8) is 0 Å². The number of hydrogen-bond acceptors (Lipinski definition) is 5. The minimum atomic E-state index is -1.92. The van der Waals surface area contributed by atoms with E-state index in [2.05, 4.69) is 9.47 Å². The minimum absolute atomic E-state index is 0. The van der Waals surface area contributed by atoms with Gasteiger partial charge in [0.25, 0.3) is 0 Å². The summed E-state index contributed by atoms with van der Waals surface area (Å²) in [6.45, 7) is 0. The number of ether oxygens (including phenoxy) is 2. The average Bonchev–Trinajstić information content (AvgIpc) is 1.58. The molecule has 68 valence electrons. The maximum absolute atomic E-state index is 9.86. The van der Waals surface area contributed by atoms with Gasteiger partial charge in [0.1, 0.15) is 0 Å². The number of carboxylic acid groups (broad SMARTS) is 2. The molecule has 0 fully saturated rings. The summed E-state index contributed by atoms with van der Waals surface area (Å²) in [6.07, 6.45) is -5.64. The molecule has 0 aliphatic rings. The Hall–Kier alpha value is 0.509. The van der Waals surface area contributed by atoms with Crippen molar-refractivity contribution in [2.75, 3.05) is 0 Å². The Morgan fingerprint density at radius 2 is 1.00 bits per heavy atom. The highest BCUT2D eigenvalue weighted by Crippen LogP contribution is 1.85. The number of rotatable bonds is 0. The van der Waals surface area contributed by atoms with Crippen LogP contribution in [-0.2, 0) is 9.47 Å². The van der Waals surface area contributed by atoms with Gasteiger partial charge in [-0.05, 0) is 0 Å². The maximum atomic E-state index is 9.86. The molecule has 10 heteroatoms. The summed E-state index contributed by atoms with van der Waals surface area (Å²) >= 11 is 0. The molecule has 0 heterocycles. The van der Waals surface area contributed by atoms with Crippen LogP contribution in [0.1, 0.15) is 0 Å².